The highest BCUT2D eigenvalue weighted by atomic mass is 16.4. The number of anilines is 1. The van der Waals surface area contributed by atoms with Gasteiger partial charge in [-0.2, -0.15) is 0 Å². The van der Waals surface area contributed by atoms with Crippen LogP contribution in [-0.2, 0) is 11.2 Å². The van der Waals surface area contributed by atoms with E-state index in [4.69, 9.17) is 4.42 Å². The van der Waals surface area contributed by atoms with E-state index in [0.29, 0.717) is 18.4 Å². The standard InChI is InChI=1S/C20H26N4O2/c1-14(2)19-21-22-20(26-19)16-7-10-23(11-8-16)13-18(25)24-12-9-15-5-3-4-6-17(15)24/h3-6,14,16H,7-13H2,1-2H3. The van der Waals surface area contributed by atoms with Crippen molar-refractivity contribution in [3.8, 4) is 0 Å². The molecule has 0 radical (unpaired) electrons. The zero-order valence-electron chi connectivity index (χ0n) is 15.5. The van der Waals surface area contributed by atoms with Gasteiger partial charge >= 0.3 is 0 Å². The molecule has 138 valence electrons. The summed E-state index contributed by atoms with van der Waals surface area (Å²) in [6.07, 6.45) is 2.88. The molecule has 0 atom stereocenters. The highest BCUT2D eigenvalue weighted by molar-refractivity contribution is 5.96. The number of aromatic nitrogens is 2. The van der Waals surface area contributed by atoms with Crippen LogP contribution in [-0.4, -0.2) is 47.2 Å². The van der Waals surface area contributed by atoms with Gasteiger partial charge in [-0.3, -0.25) is 9.69 Å². The Morgan fingerprint density at radius 2 is 1.96 bits per heavy atom. The molecular weight excluding hydrogens is 328 g/mol. The molecule has 0 spiro atoms. The first-order valence-corrected chi connectivity index (χ1v) is 9.55. The molecule has 1 amide bonds. The molecule has 0 bridgehead atoms. The Kier molecular flexibility index (Phi) is 4.76. The van der Waals surface area contributed by atoms with Crippen molar-refractivity contribution in [2.45, 2.75) is 44.9 Å². The van der Waals surface area contributed by atoms with Gasteiger partial charge in [0.2, 0.25) is 17.7 Å². The van der Waals surface area contributed by atoms with E-state index in [1.165, 1.54) is 5.56 Å². The summed E-state index contributed by atoms with van der Waals surface area (Å²) in [7, 11) is 0. The van der Waals surface area contributed by atoms with Crippen molar-refractivity contribution in [3.63, 3.8) is 0 Å². The van der Waals surface area contributed by atoms with Crippen molar-refractivity contribution in [2.24, 2.45) is 0 Å². The van der Waals surface area contributed by atoms with E-state index in [2.05, 4.69) is 35.0 Å². The van der Waals surface area contributed by atoms with E-state index in [-0.39, 0.29) is 11.8 Å². The third-order valence-corrected chi connectivity index (χ3v) is 5.43. The molecule has 0 aliphatic carbocycles. The lowest BCUT2D eigenvalue weighted by atomic mass is 9.97. The molecule has 0 saturated carbocycles. The molecule has 1 aromatic heterocycles. The average molecular weight is 354 g/mol. The summed E-state index contributed by atoms with van der Waals surface area (Å²) in [4.78, 5) is 16.9. The van der Waals surface area contributed by atoms with Gasteiger partial charge in [0.15, 0.2) is 0 Å². The van der Waals surface area contributed by atoms with Crippen LogP contribution in [0, 0.1) is 0 Å². The average Bonchev–Trinajstić information content (AvgIpc) is 3.30. The summed E-state index contributed by atoms with van der Waals surface area (Å²) in [5.41, 5.74) is 2.36. The maximum Gasteiger partial charge on any atom is 0.241 e. The van der Waals surface area contributed by atoms with Crippen molar-refractivity contribution < 1.29 is 9.21 Å². The summed E-state index contributed by atoms with van der Waals surface area (Å²) in [5, 5.41) is 8.37. The second-order valence-corrected chi connectivity index (χ2v) is 7.61. The maximum atomic E-state index is 12.7. The minimum Gasteiger partial charge on any atom is -0.425 e. The molecule has 6 heteroatoms. The zero-order valence-corrected chi connectivity index (χ0v) is 15.5. The van der Waals surface area contributed by atoms with Crippen LogP contribution in [0.5, 0.6) is 0 Å². The first-order valence-electron chi connectivity index (χ1n) is 9.55. The van der Waals surface area contributed by atoms with E-state index < -0.39 is 0 Å². The Labute approximate surface area is 154 Å². The Morgan fingerprint density at radius 1 is 1.19 bits per heavy atom. The van der Waals surface area contributed by atoms with E-state index >= 15 is 0 Å². The van der Waals surface area contributed by atoms with Crippen LogP contribution in [0.3, 0.4) is 0 Å². The monoisotopic (exact) mass is 354 g/mol. The minimum atomic E-state index is 0.202. The number of likely N-dealkylation sites (tertiary alicyclic amines) is 1. The number of carbonyl (C=O) groups is 1. The molecule has 1 aromatic carbocycles. The molecular formula is C20H26N4O2. The van der Waals surface area contributed by atoms with Crippen LogP contribution < -0.4 is 4.90 Å². The normalized spacial score (nSPS) is 18.5. The molecule has 2 aliphatic rings. The van der Waals surface area contributed by atoms with Gasteiger partial charge in [-0.1, -0.05) is 32.0 Å². The summed E-state index contributed by atoms with van der Waals surface area (Å²) >= 11 is 0. The van der Waals surface area contributed by atoms with Crippen LogP contribution in [0.1, 0.15) is 55.9 Å². The van der Waals surface area contributed by atoms with E-state index in [9.17, 15) is 4.79 Å². The number of amides is 1. The Morgan fingerprint density at radius 3 is 2.69 bits per heavy atom. The van der Waals surface area contributed by atoms with Gasteiger partial charge in [-0.15, -0.1) is 10.2 Å². The van der Waals surface area contributed by atoms with Gasteiger partial charge in [0, 0.05) is 24.1 Å². The highest BCUT2D eigenvalue weighted by Gasteiger charge is 2.29. The molecule has 1 fully saturated rings. The lowest BCUT2D eigenvalue weighted by molar-refractivity contribution is -0.119. The SMILES string of the molecule is CC(C)c1nnc(C2CCN(CC(=O)N3CCc4ccccc43)CC2)o1. The molecule has 1 saturated heterocycles. The van der Waals surface area contributed by atoms with E-state index in [0.717, 1.165) is 50.5 Å². The largest absolute Gasteiger partial charge is 0.425 e. The van der Waals surface area contributed by atoms with Crippen molar-refractivity contribution >= 4 is 11.6 Å². The molecule has 3 heterocycles. The molecule has 0 unspecified atom stereocenters. The van der Waals surface area contributed by atoms with Crippen LogP contribution in [0.2, 0.25) is 0 Å². The first-order chi connectivity index (χ1) is 12.6. The predicted molar refractivity (Wildman–Crippen MR) is 99.3 cm³/mol. The Bertz CT molecular complexity index is 778. The molecule has 2 aromatic rings. The summed E-state index contributed by atoms with van der Waals surface area (Å²) < 4.78 is 5.81. The van der Waals surface area contributed by atoms with Gasteiger partial charge < -0.3 is 9.32 Å². The highest BCUT2D eigenvalue weighted by Crippen LogP contribution is 2.30. The minimum absolute atomic E-state index is 0.202. The fourth-order valence-corrected chi connectivity index (χ4v) is 3.86. The summed E-state index contributed by atoms with van der Waals surface area (Å²) in [6, 6.07) is 8.21. The summed E-state index contributed by atoms with van der Waals surface area (Å²) in [6.45, 7) is 7.19. The van der Waals surface area contributed by atoms with E-state index in [1.54, 1.807) is 0 Å². The number of benzene rings is 1. The molecule has 4 rings (SSSR count). The third kappa shape index (κ3) is 3.38. The molecule has 6 nitrogen and oxygen atoms in total. The number of piperidine rings is 1. The van der Waals surface area contributed by atoms with Crippen LogP contribution in [0.25, 0.3) is 0 Å². The van der Waals surface area contributed by atoms with Crippen molar-refractivity contribution in [2.75, 3.05) is 31.1 Å². The maximum absolute atomic E-state index is 12.7. The van der Waals surface area contributed by atoms with Crippen LogP contribution in [0.4, 0.5) is 5.69 Å². The molecule has 2 aliphatic heterocycles. The second kappa shape index (κ2) is 7.19. The first kappa shape index (κ1) is 17.2. The smallest absolute Gasteiger partial charge is 0.241 e. The zero-order chi connectivity index (χ0) is 18.1. The van der Waals surface area contributed by atoms with Crippen molar-refractivity contribution in [3.05, 3.63) is 41.6 Å². The Hall–Kier alpha value is -2.21. The molecule has 26 heavy (non-hydrogen) atoms. The summed E-state index contributed by atoms with van der Waals surface area (Å²) in [5.74, 6) is 2.25. The number of para-hydroxylation sites is 1. The van der Waals surface area contributed by atoms with Gasteiger partial charge in [0.05, 0.1) is 6.54 Å². The van der Waals surface area contributed by atoms with Gasteiger partial charge in [-0.25, -0.2) is 0 Å². The molecule has 0 N–H and O–H groups in total. The van der Waals surface area contributed by atoms with Crippen molar-refractivity contribution in [1.29, 1.82) is 0 Å². The van der Waals surface area contributed by atoms with E-state index in [1.807, 2.05) is 23.1 Å². The van der Waals surface area contributed by atoms with Gasteiger partial charge in [0.1, 0.15) is 0 Å². The van der Waals surface area contributed by atoms with Crippen LogP contribution >= 0.6 is 0 Å². The number of nitrogens with zero attached hydrogens (tertiary/aromatic N) is 4. The number of fused-ring (bicyclic) bond motifs is 1. The number of hydrogen-bond donors (Lipinski definition) is 0. The lowest BCUT2D eigenvalue weighted by Gasteiger charge is -2.31. The fraction of sp³-hybridized carbons (Fsp3) is 0.550. The Balaban J connectivity index is 1.32. The predicted octanol–water partition coefficient (Wildman–Crippen LogP) is 2.96. The fourth-order valence-electron chi connectivity index (χ4n) is 3.86. The topological polar surface area (TPSA) is 62.5 Å². The lowest BCUT2D eigenvalue weighted by Crippen LogP contribution is -2.42. The van der Waals surface area contributed by atoms with Crippen molar-refractivity contribution in [1.82, 2.24) is 15.1 Å². The second-order valence-electron chi connectivity index (χ2n) is 7.61. The quantitative estimate of drug-likeness (QED) is 0.845. The third-order valence-electron chi connectivity index (χ3n) is 5.43. The number of rotatable bonds is 4. The number of hydrogen-bond acceptors (Lipinski definition) is 5. The number of carbonyl (C=O) groups excluding carboxylic acids is 1. The van der Waals surface area contributed by atoms with Gasteiger partial charge in [0.25, 0.3) is 0 Å². The van der Waals surface area contributed by atoms with Gasteiger partial charge in [-0.05, 0) is 44.0 Å². The van der Waals surface area contributed by atoms with Crippen LogP contribution in [0.15, 0.2) is 28.7 Å².